The Morgan fingerprint density at radius 1 is 1.20 bits per heavy atom. The zero-order valence-corrected chi connectivity index (χ0v) is 12.0. The van der Waals surface area contributed by atoms with Gasteiger partial charge < -0.3 is 5.32 Å². The lowest BCUT2D eigenvalue weighted by atomic mass is 10.1. The number of nitro benzene ring substituents is 1. The van der Waals surface area contributed by atoms with Gasteiger partial charge >= 0.3 is 0 Å². The highest BCUT2D eigenvalue weighted by Gasteiger charge is 2.11. The van der Waals surface area contributed by atoms with Gasteiger partial charge in [0, 0.05) is 28.7 Å². The van der Waals surface area contributed by atoms with E-state index in [-0.39, 0.29) is 17.2 Å². The van der Waals surface area contributed by atoms with Gasteiger partial charge in [-0.25, -0.2) is 0 Å². The largest absolute Gasteiger partial charge is 0.322 e. The quantitative estimate of drug-likeness (QED) is 0.525. The summed E-state index contributed by atoms with van der Waals surface area (Å²) < 4.78 is 0. The second kappa shape index (κ2) is 6.29. The molecule has 0 atom stereocenters. The lowest BCUT2D eigenvalue weighted by molar-refractivity contribution is -0.384. The van der Waals surface area contributed by atoms with Crippen molar-refractivity contribution in [1.82, 2.24) is 0 Å². The summed E-state index contributed by atoms with van der Waals surface area (Å²) in [6.45, 7) is 0. The second-order valence-electron chi connectivity index (χ2n) is 4.10. The number of benzene rings is 2. The fourth-order valence-corrected chi connectivity index (χ4v) is 2.04. The van der Waals surface area contributed by atoms with E-state index in [1.165, 1.54) is 24.3 Å². The fraction of sp³-hybridized carbons (Fsp3) is 0.0714. The number of halogens is 1. The third-order valence-corrected chi connectivity index (χ3v) is 3.31. The number of carbonyl (C=O) groups excluding carboxylic acids is 1. The Balaban J connectivity index is 2.19. The Bertz CT molecular complexity index is 658. The van der Waals surface area contributed by atoms with E-state index >= 15 is 0 Å². The summed E-state index contributed by atoms with van der Waals surface area (Å²) in [6.07, 6.45) is 0. The number of nitrogens with zero attached hydrogens (tertiary/aromatic N) is 1. The molecule has 0 bridgehead atoms. The molecule has 2 rings (SSSR count). The molecule has 6 heteroatoms. The Labute approximate surface area is 123 Å². The number of carbonyl (C=O) groups is 1. The number of nitrogens with one attached hydrogen (secondary N) is 1. The van der Waals surface area contributed by atoms with Crippen LogP contribution in [0.4, 0.5) is 11.4 Å². The molecule has 0 saturated carbocycles. The highest BCUT2D eigenvalue weighted by atomic mass is 79.9. The summed E-state index contributed by atoms with van der Waals surface area (Å²) >= 11 is 3.34. The molecular weight excluding hydrogens is 324 g/mol. The van der Waals surface area contributed by atoms with Crippen LogP contribution in [0.2, 0.25) is 0 Å². The van der Waals surface area contributed by atoms with Crippen molar-refractivity contribution in [1.29, 1.82) is 0 Å². The third kappa shape index (κ3) is 3.42. The Kier molecular flexibility index (Phi) is 4.47. The molecule has 0 saturated heterocycles. The molecule has 20 heavy (non-hydrogen) atoms. The summed E-state index contributed by atoms with van der Waals surface area (Å²) in [5.74, 6) is -0.375. The average molecular weight is 335 g/mol. The van der Waals surface area contributed by atoms with Gasteiger partial charge in [0.2, 0.25) is 0 Å². The summed E-state index contributed by atoms with van der Waals surface area (Å²) in [5, 5.41) is 14.1. The number of nitro groups is 1. The first-order valence-corrected chi connectivity index (χ1v) is 6.93. The van der Waals surface area contributed by atoms with Gasteiger partial charge in [0.25, 0.3) is 11.6 Å². The van der Waals surface area contributed by atoms with Crippen molar-refractivity contribution in [3.8, 4) is 0 Å². The molecule has 0 heterocycles. The van der Waals surface area contributed by atoms with E-state index in [2.05, 4.69) is 21.2 Å². The summed E-state index contributed by atoms with van der Waals surface area (Å²) in [4.78, 5) is 22.2. The maximum absolute atomic E-state index is 12.0. The van der Waals surface area contributed by atoms with E-state index < -0.39 is 4.92 Å². The molecule has 2 aromatic carbocycles. The molecule has 0 spiro atoms. The second-order valence-corrected chi connectivity index (χ2v) is 4.66. The monoisotopic (exact) mass is 334 g/mol. The van der Waals surface area contributed by atoms with Gasteiger partial charge in [0.1, 0.15) is 0 Å². The van der Waals surface area contributed by atoms with Crippen LogP contribution in [0.3, 0.4) is 0 Å². The van der Waals surface area contributed by atoms with Crippen LogP contribution in [-0.2, 0) is 5.33 Å². The van der Waals surface area contributed by atoms with Gasteiger partial charge in [-0.1, -0.05) is 34.1 Å². The van der Waals surface area contributed by atoms with Crippen LogP contribution in [0.15, 0.2) is 48.5 Å². The van der Waals surface area contributed by atoms with Crippen molar-refractivity contribution in [2.24, 2.45) is 0 Å². The van der Waals surface area contributed by atoms with Gasteiger partial charge in [0.15, 0.2) is 0 Å². The average Bonchev–Trinajstić information content (AvgIpc) is 2.47. The molecule has 1 N–H and O–H groups in total. The van der Waals surface area contributed by atoms with Crippen LogP contribution in [0.5, 0.6) is 0 Å². The molecule has 0 aromatic heterocycles. The van der Waals surface area contributed by atoms with Crippen LogP contribution in [0.1, 0.15) is 15.9 Å². The number of anilines is 1. The molecule has 2 aromatic rings. The molecule has 0 radical (unpaired) electrons. The highest BCUT2D eigenvalue weighted by Crippen LogP contribution is 2.17. The van der Waals surface area contributed by atoms with Crippen molar-refractivity contribution < 1.29 is 9.72 Å². The SMILES string of the molecule is O=C(Nc1cccc(CBr)c1)c1cccc([N+](=O)[O-])c1. The lowest BCUT2D eigenvalue weighted by Crippen LogP contribution is -2.12. The van der Waals surface area contributed by atoms with Crippen molar-refractivity contribution in [2.45, 2.75) is 5.33 Å². The Hall–Kier alpha value is -2.21. The number of hydrogen-bond donors (Lipinski definition) is 1. The minimum Gasteiger partial charge on any atom is -0.322 e. The van der Waals surface area contributed by atoms with Gasteiger partial charge in [0.05, 0.1) is 4.92 Å². The van der Waals surface area contributed by atoms with Crippen LogP contribution in [0, 0.1) is 10.1 Å². The molecule has 0 aliphatic carbocycles. The lowest BCUT2D eigenvalue weighted by Gasteiger charge is -2.06. The molecule has 102 valence electrons. The first-order valence-electron chi connectivity index (χ1n) is 5.81. The van der Waals surface area contributed by atoms with Crippen molar-refractivity contribution >= 4 is 33.2 Å². The number of alkyl halides is 1. The van der Waals surface area contributed by atoms with Crippen LogP contribution in [-0.4, -0.2) is 10.8 Å². The fourth-order valence-electron chi connectivity index (χ4n) is 1.70. The Morgan fingerprint density at radius 3 is 2.65 bits per heavy atom. The highest BCUT2D eigenvalue weighted by molar-refractivity contribution is 9.08. The zero-order chi connectivity index (χ0) is 14.5. The Morgan fingerprint density at radius 2 is 1.95 bits per heavy atom. The summed E-state index contributed by atoms with van der Waals surface area (Å²) in [5.41, 5.74) is 1.83. The first kappa shape index (κ1) is 14.2. The number of rotatable bonds is 4. The molecule has 0 aliphatic heterocycles. The first-order chi connectivity index (χ1) is 9.60. The summed E-state index contributed by atoms with van der Waals surface area (Å²) in [7, 11) is 0. The normalized spacial score (nSPS) is 10.1. The molecular formula is C14H11BrN2O3. The molecule has 1 amide bonds. The topological polar surface area (TPSA) is 72.2 Å². The van der Waals surface area contributed by atoms with Crippen molar-refractivity contribution in [2.75, 3.05) is 5.32 Å². The van der Waals surface area contributed by atoms with Crippen LogP contribution < -0.4 is 5.32 Å². The zero-order valence-electron chi connectivity index (χ0n) is 10.4. The molecule has 0 fully saturated rings. The van der Waals surface area contributed by atoms with E-state index in [0.29, 0.717) is 11.0 Å². The summed E-state index contributed by atoms with van der Waals surface area (Å²) in [6, 6.07) is 13.0. The number of non-ortho nitro benzene ring substituents is 1. The van der Waals surface area contributed by atoms with Crippen LogP contribution in [0.25, 0.3) is 0 Å². The van der Waals surface area contributed by atoms with Gasteiger partial charge in [-0.15, -0.1) is 0 Å². The smallest absolute Gasteiger partial charge is 0.270 e. The standard InChI is InChI=1S/C14H11BrN2O3/c15-9-10-3-1-5-12(7-10)16-14(18)11-4-2-6-13(8-11)17(19)20/h1-8H,9H2,(H,16,18). The van der Waals surface area contributed by atoms with E-state index in [1.807, 2.05) is 18.2 Å². The van der Waals surface area contributed by atoms with Crippen molar-refractivity contribution in [3.63, 3.8) is 0 Å². The van der Waals surface area contributed by atoms with Crippen molar-refractivity contribution in [3.05, 3.63) is 69.8 Å². The van der Waals surface area contributed by atoms with Crippen LogP contribution >= 0.6 is 15.9 Å². The van der Waals surface area contributed by atoms with Gasteiger partial charge in [-0.2, -0.15) is 0 Å². The molecule has 5 nitrogen and oxygen atoms in total. The maximum atomic E-state index is 12.0. The van der Waals surface area contributed by atoms with E-state index in [9.17, 15) is 14.9 Å². The number of amides is 1. The van der Waals surface area contributed by atoms with E-state index in [0.717, 1.165) is 5.56 Å². The predicted octanol–water partition coefficient (Wildman–Crippen LogP) is 3.74. The van der Waals surface area contributed by atoms with Gasteiger partial charge in [-0.05, 0) is 23.8 Å². The predicted molar refractivity (Wildman–Crippen MR) is 80.1 cm³/mol. The minimum atomic E-state index is -0.526. The minimum absolute atomic E-state index is 0.105. The maximum Gasteiger partial charge on any atom is 0.270 e. The molecule has 0 aliphatic rings. The number of hydrogen-bond acceptors (Lipinski definition) is 3. The van der Waals surface area contributed by atoms with E-state index in [1.54, 1.807) is 6.07 Å². The third-order valence-electron chi connectivity index (χ3n) is 2.66. The van der Waals surface area contributed by atoms with Gasteiger partial charge in [-0.3, -0.25) is 14.9 Å². The van der Waals surface area contributed by atoms with E-state index in [4.69, 9.17) is 0 Å². The molecule has 0 unspecified atom stereocenters.